The molecule has 7 heteroatoms. The Hall–Kier alpha value is -0.950. The Bertz CT molecular complexity index is 509. The Balaban J connectivity index is 1.69. The largest absolute Gasteiger partial charge is 0.468 e. The van der Waals surface area contributed by atoms with Gasteiger partial charge < -0.3 is 9.84 Å². The number of alkyl halides is 3. The van der Waals surface area contributed by atoms with Crippen molar-refractivity contribution in [2.45, 2.75) is 54.4 Å². The highest BCUT2D eigenvalue weighted by Crippen LogP contribution is 2.49. The summed E-state index contributed by atoms with van der Waals surface area (Å²) >= 11 is 1.95. The van der Waals surface area contributed by atoms with Crippen LogP contribution in [0.25, 0.3) is 0 Å². The van der Waals surface area contributed by atoms with Crippen molar-refractivity contribution in [2.24, 2.45) is 0 Å². The number of thioether (sulfide) groups is 1. The number of halogens is 3. The molecule has 2 aliphatic heterocycles. The second-order valence-corrected chi connectivity index (χ2v) is 7.65. The molecule has 3 rings (SSSR count). The average molecular weight is 333 g/mol. The molecule has 2 aliphatic rings. The van der Waals surface area contributed by atoms with Crippen LogP contribution in [0, 0.1) is 0 Å². The van der Waals surface area contributed by atoms with Crippen molar-refractivity contribution in [3.8, 4) is 5.88 Å². The zero-order valence-corrected chi connectivity index (χ0v) is 12.8. The lowest BCUT2D eigenvalue weighted by molar-refractivity contribution is -0.154. The number of nitrogens with zero attached hydrogens (tertiary/aromatic N) is 1. The Morgan fingerprint density at radius 3 is 2.50 bits per heavy atom. The molecule has 2 fully saturated rings. The highest BCUT2D eigenvalue weighted by atomic mass is 32.2. The van der Waals surface area contributed by atoms with Crippen molar-refractivity contribution in [1.82, 2.24) is 4.98 Å². The van der Waals surface area contributed by atoms with Gasteiger partial charge in [0.05, 0.1) is 5.60 Å². The highest BCUT2D eigenvalue weighted by Gasteiger charge is 2.42. The summed E-state index contributed by atoms with van der Waals surface area (Å²) in [5.74, 6) is -0.0740. The molecule has 2 bridgehead atoms. The van der Waals surface area contributed by atoms with Crippen LogP contribution < -0.4 is 4.74 Å². The molecule has 1 aromatic rings. The summed E-state index contributed by atoms with van der Waals surface area (Å²) in [6, 6.07) is 3.03. The van der Waals surface area contributed by atoms with E-state index in [9.17, 15) is 18.3 Å². The Morgan fingerprint density at radius 1 is 1.27 bits per heavy atom. The van der Waals surface area contributed by atoms with E-state index in [1.807, 2.05) is 11.8 Å². The molecular weight excluding hydrogens is 315 g/mol. The van der Waals surface area contributed by atoms with Gasteiger partial charge >= 0.3 is 6.18 Å². The number of hydrogen-bond acceptors (Lipinski definition) is 4. The van der Waals surface area contributed by atoms with Crippen molar-refractivity contribution in [3.05, 3.63) is 23.9 Å². The fourth-order valence-electron chi connectivity index (χ4n) is 3.25. The Morgan fingerprint density at radius 2 is 1.95 bits per heavy atom. The van der Waals surface area contributed by atoms with Crippen LogP contribution in [-0.4, -0.2) is 33.4 Å². The van der Waals surface area contributed by atoms with Gasteiger partial charge in [-0.2, -0.15) is 24.9 Å². The molecule has 3 nitrogen and oxygen atoms in total. The number of aromatic nitrogens is 1. The van der Waals surface area contributed by atoms with Gasteiger partial charge in [-0.05, 0) is 31.7 Å². The van der Waals surface area contributed by atoms with Gasteiger partial charge in [-0.15, -0.1) is 0 Å². The van der Waals surface area contributed by atoms with E-state index in [4.69, 9.17) is 0 Å². The Kier molecular flexibility index (Phi) is 4.29. The van der Waals surface area contributed by atoms with Crippen LogP contribution in [0.5, 0.6) is 5.88 Å². The molecule has 22 heavy (non-hydrogen) atoms. The molecule has 2 unspecified atom stereocenters. The Labute approximate surface area is 131 Å². The summed E-state index contributed by atoms with van der Waals surface area (Å²) in [5, 5.41) is 11.8. The second kappa shape index (κ2) is 5.92. The summed E-state index contributed by atoms with van der Waals surface area (Å²) < 4.78 is 40.9. The lowest BCUT2D eigenvalue weighted by Crippen LogP contribution is -2.40. The number of aliphatic hydroxyl groups is 1. The van der Waals surface area contributed by atoms with E-state index in [2.05, 4.69) is 9.72 Å². The van der Waals surface area contributed by atoms with Gasteiger partial charge in [-0.25, -0.2) is 4.98 Å². The first-order valence-corrected chi connectivity index (χ1v) is 8.32. The summed E-state index contributed by atoms with van der Waals surface area (Å²) in [6.45, 7) is -1.36. The van der Waals surface area contributed by atoms with E-state index >= 15 is 0 Å². The van der Waals surface area contributed by atoms with Crippen LogP contribution in [-0.2, 0) is 5.60 Å². The SMILES string of the molecule is OC1(c2ccc(OCC(F)(F)F)nc2)CC2CCCC(C1)S2. The normalized spacial score (nSPS) is 31.8. The predicted molar refractivity (Wildman–Crippen MR) is 77.9 cm³/mol. The number of fused-ring (bicyclic) bond motifs is 2. The van der Waals surface area contributed by atoms with Gasteiger partial charge in [0.25, 0.3) is 0 Å². The minimum Gasteiger partial charge on any atom is -0.468 e. The number of hydrogen-bond donors (Lipinski definition) is 1. The molecule has 3 heterocycles. The van der Waals surface area contributed by atoms with Crippen LogP contribution in [0.15, 0.2) is 18.3 Å². The van der Waals surface area contributed by atoms with Crippen molar-refractivity contribution in [2.75, 3.05) is 6.61 Å². The zero-order chi connectivity index (χ0) is 15.8. The quantitative estimate of drug-likeness (QED) is 0.917. The topological polar surface area (TPSA) is 42.4 Å². The molecular formula is C15H18F3NO2S. The molecule has 0 amide bonds. The van der Waals surface area contributed by atoms with Gasteiger partial charge in [-0.1, -0.05) is 6.42 Å². The number of rotatable bonds is 3. The minimum absolute atomic E-state index is 0.0740. The second-order valence-electron chi connectivity index (χ2n) is 6.04. The van der Waals surface area contributed by atoms with E-state index in [-0.39, 0.29) is 5.88 Å². The number of ether oxygens (including phenoxy) is 1. The fourth-order valence-corrected chi connectivity index (χ4v) is 5.14. The van der Waals surface area contributed by atoms with Gasteiger partial charge in [0.2, 0.25) is 5.88 Å². The molecule has 0 radical (unpaired) electrons. The summed E-state index contributed by atoms with van der Waals surface area (Å²) in [6.07, 6.45) is 1.86. The highest BCUT2D eigenvalue weighted by molar-refractivity contribution is 8.00. The molecule has 0 aliphatic carbocycles. The molecule has 122 valence electrons. The zero-order valence-electron chi connectivity index (χ0n) is 12.0. The van der Waals surface area contributed by atoms with E-state index in [0.29, 0.717) is 28.9 Å². The van der Waals surface area contributed by atoms with Gasteiger partial charge in [0, 0.05) is 28.3 Å². The lowest BCUT2D eigenvalue weighted by atomic mass is 9.81. The van der Waals surface area contributed by atoms with E-state index in [1.54, 1.807) is 6.07 Å². The maximum atomic E-state index is 12.1. The van der Waals surface area contributed by atoms with Crippen LogP contribution in [0.3, 0.4) is 0 Å². The van der Waals surface area contributed by atoms with Gasteiger partial charge in [0.1, 0.15) is 0 Å². The third-order valence-corrected chi connectivity index (χ3v) is 5.80. The van der Waals surface area contributed by atoms with Crippen LogP contribution in [0.4, 0.5) is 13.2 Å². The maximum Gasteiger partial charge on any atom is 0.422 e. The lowest BCUT2D eigenvalue weighted by Gasteiger charge is -2.44. The number of pyridine rings is 1. The summed E-state index contributed by atoms with van der Waals surface area (Å²) in [5.41, 5.74) is -0.250. The third-order valence-electron chi connectivity index (χ3n) is 4.23. The fraction of sp³-hybridized carbons (Fsp3) is 0.667. The monoisotopic (exact) mass is 333 g/mol. The minimum atomic E-state index is -4.38. The smallest absolute Gasteiger partial charge is 0.422 e. The van der Waals surface area contributed by atoms with E-state index in [1.165, 1.54) is 18.7 Å². The summed E-state index contributed by atoms with van der Waals surface area (Å²) in [7, 11) is 0. The first kappa shape index (κ1) is 15.9. The molecule has 1 N–H and O–H groups in total. The predicted octanol–water partition coefficient (Wildman–Crippen LogP) is 3.66. The molecule has 0 spiro atoms. The van der Waals surface area contributed by atoms with Crippen LogP contribution >= 0.6 is 11.8 Å². The first-order valence-electron chi connectivity index (χ1n) is 7.38. The van der Waals surface area contributed by atoms with Gasteiger partial charge in [0.15, 0.2) is 6.61 Å². The van der Waals surface area contributed by atoms with Crippen LogP contribution in [0.2, 0.25) is 0 Å². The third kappa shape index (κ3) is 3.68. The van der Waals surface area contributed by atoms with E-state index in [0.717, 1.165) is 12.8 Å². The molecule has 2 atom stereocenters. The molecule has 1 aromatic heterocycles. The standard InChI is InChI=1S/C15H18F3NO2S/c16-15(17,18)9-21-13-5-4-10(8-19-13)14(20)6-11-2-1-3-12(7-14)22-11/h4-5,8,11-12,20H,1-3,6-7,9H2. The average Bonchev–Trinajstić information content (AvgIpc) is 2.44. The van der Waals surface area contributed by atoms with E-state index < -0.39 is 18.4 Å². The maximum absolute atomic E-state index is 12.1. The van der Waals surface area contributed by atoms with Crippen molar-refractivity contribution < 1.29 is 23.0 Å². The molecule has 2 saturated heterocycles. The van der Waals surface area contributed by atoms with Crippen molar-refractivity contribution in [1.29, 1.82) is 0 Å². The van der Waals surface area contributed by atoms with Crippen LogP contribution in [0.1, 0.15) is 37.7 Å². The summed E-state index contributed by atoms with van der Waals surface area (Å²) in [4.78, 5) is 3.91. The van der Waals surface area contributed by atoms with Crippen molar-refractivity contribution >= 4 is 11.8 Å². The van der Waals surface area contributed by atoms with Crippen molar-refractivity contribution in [3.63, 3.8) is 0 Å². The molecule has 0 aromatic carbocycles. The molecule has 0 saturated carbocycles. The first-order chi connectivity index (χ1) is 10.3. The van der Waals surface area contributed by atoms with Gasteiger partial charge in [-0.3, -0.25) is 0 Å².